The molecule has 2 aromatic rings. The summed E-state index contributed by atoms with van der Waals surface area (Å²) in [5.74, 6) is 0. The highest BCUT2D eigenvalue weighted by Gasteiger charge is 2.13. The number of hydrogen-bond acceptors (Lipinski definition) is 3. The van der Waals surface area contributed by atoms with E-state index >= 15 is 0 Å². The lowest BCUT2D eigenvalue weighted by molar-refractivity contribution is 0.318. The number of nitrogens with one attached hydrogen (secondary N) is 1. The molecule has 0 aromatic heterocycles. The summed E-state index contributed by atoms with van der Waals surface area (Å²) in [5, 5.41) is 11.0. The lowest BCUT2D eigenvalue weighted by atomic mass is 10.2. The topological polar surface area (TPSA) is 32.3 Å². The van der Waals surface area contributed by atoms with Crippen molar-refractivity contribution in [2.45, 2.75) is 16.7 Å². The molecule has 0 saturated heterocycles. The fourth-order valence-corrected chi connectivity index (χ4v) is 2.57. The number of anilines is 2. The van der Waals surface area contributed by atoms with Gasteiger partial charge in [-0.25, -0.2) is 0 Å². The standard InChI is InChI=1S/C12H9NS.C2H6O/c1-3-7-11-9(5-1)13-10-6-2-4-8-12(10)14-11;1-2-3/h1-8,13H;3H,2H2,1H3. The van der Waals surface area contributed by atoms with Crippen molar-refractivity contribution < 1.29 is 5.11 Å². The summed E-state index contributed by atoms with van der Waals surface area (Å²) in [6.45, 7) is 1.93. The minimum atomic E-state index is 0.250. The highest BCUT2D eigenvalue weighted by molar-refractivity contribution is 7.99. The van der Waals surface area contributed by atoms with Gasteiger partial charge in [-0.05, 0) is 31.2 Å². The highest BCUT2D eigenvalue weighted by Crippen LogP contribution is 2.43. The SMILES string of the molecule is CCO.c1ccc2c(c1)Nc1ccccc1S2. The molecule has 2 aromatic carbocycles. The Morgan fingerprint density at radius 3 is 1.82 bits per heavy atom. The number of rotatable bonds is 0. The summed E-state index contributed by atoms with van der Waals surface area (Å²) in [4.78, 5) is 2.59. The Labute approximate surface area is 106 Å². The van der Waals surface area contributed by atoms with Crippen molar-refractivity contribution in [3.05, 3.63) is 48.5 Å². The molecular formula is C14H15NOS. The van der Waals surface area contributed by atoms with Crippen molar-refractivity contribution in [3.63, 3.8) is 0 Å². The predicted molar refractivity (Wildman–Crippen MR) is 73.0 cm³/mol. The Hall–Kier alpha value is -1.45. The molecule has 3 heteroatoms. The van der Waals surface area contributed by atoms with E-state index in [1.807, 2.05) is 11.8 Å². The largest absolute Gasteiger partial charge is 0.397 e. The van der Waals surface area contributed by atoms with Crippen LogP contribution in [0.15, 0.2) is 58.3 Å². The van der Waals surface area contributed by atoms with Gasteiger partial charge >= 0.3 is 0 Å². The number of para-hydroxylation sites is 2. The minimum absolute atomic E-state index is 0.250. The zero-order valence-electron chi connectivity index (χ0n) is 9.68. The van der Waals surface area contributed by atoms with Crippen LogP contribution in [0, 0.1) is 0 Å². The van der Waals surface area contributed by atoms with Crippen molar-refractivity contribution in [3.8, 4) is 0 Å². The van der Waals surface area contributed by atoms with E-state index in [0.717, 1.165) is 0 Å². The monoisotopic (exact) mass is 245 g/mol. The second-order valence-corrected chi connectivity index (χ2v) is 4.62. The molecule has 0 spiro atoms. The van der Waals surface area contributed by atoms with Crippen molar-refractivity contribution in [1.29, 1.82) is 0 Å². The first-order valence-corrected chi connectivity index (χ1v) is 6.40. The predicted octanol–water partition coefficient (Wildman–Crippen LogP) is 3.89. The fourth-order valence-electron chi connectivity index (χ4n) is 1.58. The van der Waals surface area contributed by atoms with Gasteiger partial charge in [0.2, 0.25) is 0 Å². The summed E-state index contributed by atoms with van der Waals surface area (Å²) in [6, 6.07) is 16.8. The van der Waals surface area contributed by atoms with Gasteiger partial charge in [0.25, 0.3) is 0 Å². The molecule has 0 saturated carbocycles. The number of benzene rings is 2. The third kappa shape index (κ3) is 2.81. The van der Waals surface area contributed by atoms with Crippen LogP contribution >= 0.6 is 11.8 Å². The lowest BCUT2D eigenvalue weighted by Gasteiger charge is -2.19. The van der Waals surface area contributed by atoms with Crippen LogP contribution in [0.25, 0.3) is 0 Å². The first-order chi connectivity index (χ1) is 8.35. The van der Waals surface area contributed by atoms with Gasteiger partial charge < -0.3 is 10.4 Å². The van der Waals surface area contributed by atoms with E-state index in [1.54, 1.807) is 6.92 Å². The van der Waals surface area contributed by atoms with Crippen molar-refractivity contribution in [1.82, 2.24) is 0 Å². The fraction of sp³-hybridized carbons (Fsp3) is 0.143. The molecule has 1 aliphatic rings. The summed E-state index contributed by atoms with van der Waals surface area (Å²) in [5.41, 5.74) is 2.41. The van der Waals surface area contributed by atoms with Gasteiger partial charge in [0.05, 0.1) is 11.4 Å². The van der Waals surface area contributed by atoms with E-state index in [9.17, 15) is 0 Å². The number of fused-ring (bicyclic) bond motifs is 2. The zero-order valence-corrected chi connectivity index (χ0v) is 10.5. The normalized spacial score (nSPS) is 11.4. The molecule has 0 fully saturated rings. The minimum Gasteiger partial charge on any atom is -0.397 e. The second kappa shape index (κ2) is 5.75. The third-order valence-electron chi connectivity index (χ3n) is 2.26. The molecule has 0 aliphatic carbocycles. The van der Waals surface area contributed by atoms with E-state index in [1.165, 1.54) is 21.2 Å². The van der Waals surface area contributed by atoms with Crippen LogP contribution in [0.4, 0.5) is 11.4 Å². The van der Waals surface area contributed by atoms with Crippen molar-refractivity contribution in [2.24, 2.45) is 0 Å². The third-order valence-corrected chi connectivity index (χ3v) is 3.42. The summed E-state index contributed by atoms with van der Waals surface area (Å²) in [7, 11) is 0. The van der Waals surface area contributed by atoms with Crippen molar-refractivity contribution in [2.75, 3.05) is 11.9 Å². The number of aliphatic hydroxyl groups excluding tert-OH is 1. The molecule has 3 rings (SSSR count). The summed E-state index contributed by atoms with van der Waals surface area (Å²) < 4.78 is 0. The molecule has 2 N–H and O–H groups in total. The van der Waals surface area contributed by atoms with E-state index in [4.69, 9.17) is 5.11 Å². The van der Waals surface area contributed by atoms with Gasteiger partial charge in [-0.3, -0.25) is 0 Å². The first kappa shape index (κ1) is 12.0. The maximum atomic E-state index is 7.57. The molecule has 88 valence electrons. The van der Waals surface area contributed by atoms with E-state index in [0.29, 0.717) is 0 Å². The highest BCUT2D eigenvalue weighted by atomic mass is 32.2. The van der Waals surface area contributed by atoms with Gasteiger partial charge in [0, 0.05) is 16.4 Å². The van der Waals surface area contributed by atoms with E-state index < -0.39 is 0 Å². The van der Waals surface area contributed by atoms with Crippen LogP contribution < -0.4 is 5.32 Å². The molecule has 0 amide bonds. The number of hydrogen-bond donors (Lipinski definition) is 2. The van der Waals surface area contributed by atoms with E-state index in [2.05, 4.69) is 53.8 Å². The molecule has 0 atom stereocenters. The molecule has 0 bridgehead atoms. The van der Waals surface area contributed by atoms with Crippen LogP contribution in [0.1, 0.15) is 6.92 Å². The Kier molecular flexibility index (Phi) is 4.07. The molecule has 1 aliphatic heterocycles. The second-order valence-electron chi connectivity index (χ2n) is 3.54. The maximum absolute atomic E-state index is 7.57. The number of aliphatic hydroxyl groups is 1. The Morgan fingerprint density at radius 2 is 1.35 bits per heavy atom. The first-order valence-electron chi connectivity index (χ1n) is 5.59. The van der Waals surface area contributed by atoms with E-state index in [-0.39, 0.29) is 6.61 Å². The Bertz CT molecular complexity index is 412. The van der Waals surface area contributed by atoms with Crippen LogP contribution in [-0.2, 0) is 0 Å². The Balaban J connectivity index is 0.000000329. The lowest BCUT2D eigenvalue weighted by Crippen LogP contribution is -1.98. The van der Waals surface area contributed by atoms with Gasteiger partial charge in [0.15, 0.2) is 0 Å². The van der Waals surface area contributed by atoms with Gasteiger partial charge in [-0.15, -0.1) is 0 Å². The van der Waals surface area contributed by atoms with Crippen molar-refractivity contribution >= 4 is 23.1 Å². The molecule has 17 heavy (non-hydrogen) atoms. The molecule has 0 radical (unpaired) electrons. The Morgan fingerprint density at radius 1 is 0.941 bits per heavy atom. The molecule has 2 nitrogen and oxygen atoms in total. The zero-order chi connectivity index (χ0) is 12.1. The van der Waals surface area contributed by atoms with Crippen LogP contribution in [0.3, 0.4) is 0 Å². The quantitative estimate of drug-likeness (QED) is 0.630. The average Bonchev–Trinajstić information content (AvgIpc) is 2.37. The van der Waals surface area contributed by atoms with Crippen LogP contribution in [0.5, 0.6) is 0 Å². The molecule has 1 heterocycles. The summed E-state index contributed by atoms with van der Waals surface area (Å²) >= 11 is 1.82. The van der Waals surface area contributed by atoms with Crippen LogP contribution in [-0.4, -0.2) is 11.7 Å². The molecular weight excluding hydrogens is 230 g/mol. The summed E-state index contributed by atoms with van der Waals surface area (Å²) in [6.07, 6.45) is 0. The van der Waals surface area contributed by atoms with Gasteiger partial charge in [-0.2, -0.15) is 0 Å². The van der Waals surface area contributed by atoms with Gasteiger partial charge in [0.1, 0.15) is 0 Å². The maximum Gasteiger partial charge on any atom is 0.0526 e. The average molecular weight is 245 g/mol. The smallest absolute Gasteiger partial charge is 0.0526 e. The van der Waals surface area contributed by atoms with Crippen LogP contribution in [0.2, 0.25) is 0 Å². The van der Waals surface area contributed by atoms with Gasteiger partial charge in [-0.1, -0.05) is 36.0 Å². The molecule has 0 unspecified atom stereocenters.